The molecule has 4 unspecified atom stereocenters. The monoisotopic (exact) mass is 656 g/mol. The highest BCUT2D eigenvalue weighted by atomic mass is 14.4. The van der Waals surface area contributed by atoms with Crippen molar-refractivity contribution in [1.82, 2.24) is 0 Å². The van der Waals surface area contributed by atoms with E-state index in [1.54, 1.807) is 0 Å². The van der Waals surface area contributed by atoms with Gasteiger partial charge in [0.1, 0.15) is 0 Å². The maximum Gasteiger partial charge on any atom is 0.0158 e. The van der Waals surface area contributed by atoms with Crippen molar-refractivity contribution in [2.75, 3.05) is 0 Å². The lowest BCUT2D eigenvalue weighted by Crippen LogP contribution is -2.20. The van der Waals surface area contributed by atoms with Gasteiger partial charge in [-0.1, -0.05) is 166 Å². The molecule has 0 nitrogen and oxygen atoms in total. The standard InChI is InChI=1S/C51H44/c1-51(2)49-19-11-10-18-45(49)46-29-24-38(32-50(46)51)42-26-21-35-15-7-9-17-40(35)48-31-37(23-28-44(42)48)36-22-27-43-41(33-12-4-3-5-13-33)25-20-34-14-6-8-16-39(34)47(43)30-36/h3-19,22-24,27-32,41-42,44,48H,20-21,25-26H2,1-2H3. The van der Waals surface area contributed by atoms with Crippen LogP contribution in [-0.4, -0.2) is 0 Å². The second-order valence-electron chi connectivity index (χ2n) is 15.9. The fraction of sp³-hybridized carbons (Fsp3) is 0.216. The number of hydrogen-bond acceptors (Lipinski definition) is 0. The first-order valence-corrected chi connectivity index (χ1v) is 19.0. The van der Waals surface area contributed by atoms with E-state index < -0.39 is 0 Å². The quantitative estimate of drug-likeness (QED) is 0.178. The van der Waals surface area contributed by atoms with Gasteiger partial charge in [-0.2, -0.15) is 0 Å². The third-order valence-corrected chi connectivity index (χ3v) is 12.9. The molecule has 6 aromatic carbocycles. The highest BCUT2D eigenvalue weighted by Gasteiger charge is 2.38. The van der Waals surface area contributed by atoms with Gasteiger partial charge in [0.25, 0.3) is 0 Å². The van der Waals surface area contributed by atoms with E-state index in [1.165, 1.54) is 77.9 Å². The summed E-state index contributed by atoms with van der Waals surface area (Å²) in [6, 6.07) is 53.3. The van der Waals surface area contributed by atoms with Gasteiger partial charge in [-0.25, -0.2) is 0 Å². The Bertz CT molecular complexity index is 2370. The highest BCUT2D eigenvalue weighted by molar-refractivity contribution is 5.83. The summed E-state index contributed by atoms with van der Waals surface area (Å²) in [6.45, 7) is 4.81. The lowest BCUT2D eigenvalue weighted by molar-refractivity contribution is 0.455. The Balaban J connectivity index is 1.06. The molecule has 0 saturated carbocycles. The molecule has 0 aliphatic heterocycles. The van der Waals surface area contributed by atoms with Crippen LogP contribution in [0.2, 0.25) is 0 Å². The van der Waals surface area contributed by atoms with E-state index in [9.17, 15) is 0 Å². The number of benzene rings is 6. The van der Waals surface area contributed by atoms with Crippen molar-refractivity contribution in [1.29, 1.82) is 0 Å². The molecule has 51 heavy (non-hydrogen) atoms. The van der Waals surface area contributed by atoms with Gasteiger partial charge in [-0.05, 0) is 121 Å². The van der Waals surface area contributed by atoms with Crippen molar-refractivity contribution in [3.05, 3.63) is 208 Å². The van der Waals surface area contributed by atoms with Crippen LogP contribution < -0.4 is 0 Å². The Hall–Kier alpha value is -5.20. The van der Waals surface area contributed by atoms with Crippen molar-refractivity contribution >= 4 is 5.57 Å². The highest BCUT2D eigenvalue weighted by Crippen LogP contribution is 2.53. The third kappa shape index (κ3) is 4.95. The van der Waals surface area contributed by atoms with Gasteiger partial charge in [0, 0.05) is 17.3 Å². The zero-order valence-electron chi connectivity index (χ0n) is 29.6. The first kappa shape index (κ1) is 30.6. The first-order valence-electron chi connectivity index (χ1n) is 19.0. The van der Waals surface area contributed by atoms with Gasteiger partial charge in [0.15, 0.2) is 0 Å². The summed E-state index contributed by atoms with van der Waals surface area (Å²) in [7, 11) is 0. The molecule has 4 aliphatic carbocycles. The normalized spacial score (nSPS) is 22.2. The second-order valence-corrected chi connectivity index (χ2v) is 15.9. The van der Waals surface area contributed by atoms with Crippen LogP contribution in [0.3, 0.4) is 0 Å². The minimum Gasteiger partial charge on any atom is -0.0793 e. The molecule has 0 fully saturated rings. The van der Waals surface area contributed by atoms with E-state index >= 15 is 0 Å². The molecule has 0 bridgehead atoms. The van der Waals surface area contributed by atoms with Crippen LogP contribution in [0.5, 0.6) is 0 Å². The zero-order valence-corrected chi connectivity index (χ0v) is 29.6. The van der Waals surface area contributed by atoms with E-state index in [0.717, 1.165) is 25.7 Å². The molecular weight excluding hydrogens is 613 g/mol. The summed E-state index contributed by atoms with van der Waals surface area (Å²) in [4.78, 5) is 0. The lowest BCUT2D eigenvalue weighted by Gasteiger charge is -2.33. The maximum absolute atomic E-state index is 2.62. The number of hydrogen-bond donors (Lipinski definition) is 0. The van der Waals surface area contributed by atoms with Crippen LogP contribution in [0, 0.1) is 5.92 Å². The Kier molecular flexibility index (Phi) is 7.17. The molecule has 4 aliphatic rings. The molecule has 0 radical (unpaired) electrons. The van der Waals surface area contributed by atoms with E-state index in [-0.39, 0.29) is 5.41 Å². The van der Waals surface area contributed by atoms with E-state index in [1.807, 2.05) is 0 Å². The summed E-state index contributed by atoms with van der Waals surface area (Å²) >= 11 is 0. The van der Waals surface area contributed by atoms with E-state index in [2.05, 4.69) is 172 Å². The summed E-state index contributed by atoms with van der Waals surface area (Å²) in [5.74, 6) is 1.58. The number of rotatable bonds is 3. The molecule has 6 aromatic rings. The number of fused-ring (bicyclic) bond motifs is 9. The molecule has 248 valence electrons. The Morgan fingerprint density at radius 1 is 0.529 bits per heavy atom. The van der Waals surface area contributed by atoms with Gasteiger partial charge in [0.05, 0.1) is 0 Å². The smallest absolute Gasteiger partial charge is 0.0158 e. The third-order valence-electron chi connectivity index (χ3n) is 12.9. The Labute approximate surface area is 303 Å². The van der Waals surface area contributed by atoms with E-state index in [0.29, 0.717) is 23.7 Å². The SMILES string of the molecule is CC1(C)c2ccccc2-c2ccc(C3CCc4ccccc4C4C=C(c5ccc6c(c5)-c5ccccc5CCC6c5ccccc5)C=CC43)cc21. The van der Waals surface area contributed by atoms with Crippen LogP contribution in [0.15, 0.2) is 158 Å². The van der Waals surface area contributed by atoms with Gasteiger partial charge < -0.3 is 0 Å². The minimum absolute atomic E-state index is 0.00791. The van der Waals surface area contributed by atoms with Crippen molar-refractivity contribution in [3.63, 3.8) is 0 Å². The fourth-order valence-corrected chi connectivity index (χ4v) is 10.3. The molecule has 10 rings (SSSR count). The topological polar surface area (TPSA) is 0 Å². The summed E-state index contributed by atoms with van der Waals surface area (Å²) in [5.41, 5.74) is 20.0. The van der Waals surface area contributed by atoms with Crippen LogP contribution in [0.1, 0.15) is 94.5 Å². The van der Waals surface area contributed by atoms with Crippen LogP contribution in [-0.2, 0) is 18.3 Å². The van der Waals surface area contributed by atoms with Gasteiger partial charge in [-0.3, -0.25) is 0 Å². The molecule has 0 heterocycles. The maximum atomic E-state index is 2.62. The average Bonchev–Trinajstić information content (AvgIpc) is 3.30. The van der Waals surface area contributed by atoms with Gasteiger partial charge in [0.2, 0.25) is 0 Å². The van der Waals surface area contributed by atoms with E-state index in [4.69, 9.17) is 0 Å². The van der Waals surface area contributed by atoms with Crippen molar-refractivity contribution < 1.29 is 0 Å². The predicted molar refractivity (Wildman–Crippen MR) is 213 cm³/mol. The summed E-state index contributed by atoms with van der Waals surface area (Å²) in [5, 5.41) is 0. The van der Waals surface area contributed by atoms with Gasteiger partial charge in [-0.15, -0.1) is 0 Å². The fourth-order valence-electron chi connectivity index (χ4n) is 10.3. The summed E-state index contributed by atoms with van der Waals surface area (Å²) < 4.78 is 0. The predicted octanol–water partition coefficient (Wildman–Crippen LogP) is 12.8. The molecule has 4 atom stereocenters. The van der Waals surface area contributed by atoms with Crippen molar-refractivity contribution in [2.24, 2.45) is 5.92 Å². The van der Waals surface area contributed by atoms with Gasteiger partial charge >= 0.3 is 0 Å². The average molecular weight is 657 g/mol. The van der Waals surface area contributed by atoms with Crippen LogP contribution in [0.25, 0.3) is 27.8 Å². The molecule has 0 saturated heterocycles. The van der Waals surface area contributed by atoms with Crippen molar-refractivity contribution in [2.45, 2.75) is 62.7 Å². The second kappa shape index (κ2) is 12.0. The minimum atomic E-state index is 0.00791. The van der Waals surface area contributed by atoms with Crippen LogP contribution in [0.4, 0.5) is 0 Å². The Morgan fingerprint density at radius 3 is 2.14 bits per heavy atom. The number of aryl methyl sites for hydroxylation is 2. The first-order chi connectivity index (χ1) is 25.0. The molecule has 0 amide bonds. The largest absolute Gasteiger partial charge is 0.0793 e. The molecule has 0 spiro atoms. The summed E-state index contributed by atoms with van der Waals surface area (Å²) in [6.07, 6.45) is 12.1. The lowest BCUT2D eigenvalue weighted by atomic mass is 9.71. The molecule has 0 heteroatoms. The molecular formula is C51H44. The Morgan fingerprint density at radius 2 is 1.25 bits per heavy atom. The zero-order chi connectivity index (χ0) is 34.1. The number of allylic oxidation sites excluding steroid dienone is 4. The molecule has 0 N–H and O–H groups in total. The van der Waals surface area contributed by atoms with Crippen LogP contribution >= 0.6 is 0 Å². The molecule has 0 aromatic heterocycles. The van der Waals surface area contributed by atoms with Crippen molar-refractivity contribution in [3.8, 4) is 22.3 Å².